The van der Waals surface area contributed by atoms with E-state index in [1.54, 1.807) is 0 Å². The molecule has 1 saturated heterocycles. The summed E-state index contributed by atoms with van der Waals surface area (Å²) in [5, 5.41) is 7.05. The first-order valence-corrected chi connectivity index (χ1v) is 10.0. The molecular formula is C23H33IN4. The van der Waals surface area contributed by atoms with Crippen LogP contribution in [0.25, 0.3) is 0 Å². The van der Waals surface area contributed by atoms with E-state index in [1.165, 1.54) is 16.7 Å². The average Bonchev–Trinajstić information content (AvgIpc) is 2.71. The van der Waals surface area contributed by atoms with Crippen LogP contribution in [0.1, 0.15) is 29.5 Å². The molecule has 5 heteroatoms. The second kappa shape index (κ2) is 12.1. The predicted octanol–water partition coefficient (Wildman–Crippen LogP) is 3.99. The monoisotopic (exact) mass is 492 g/mol. The van der Waals surface area contributed by atoms with Gasteiger partial charge in [0.2, 0.25) is 0 Å². The van der Waals surface area contributed by atoms with Gasteiger partial charge in [-0.15, -0.1) is 24.0 Å². The number of rotatable bonds is 6. The van der Waals surface area contributed by atoms with Gasteiger partial charge in [0.25, 0.3) is 0 Å². The summed E-state index contributed by atoms with van der Waals surface area (Å²) in [6.07, 6.45) is 3.33. The van der Waals surface area contributed by atoms with Gasteiger partial charge in [-0.3, -0.25) is 9.89 Å². The van der Waals surface area contributed by atoms with E-state index in [4.69, 9.17) is 0 Å². The zero-order valence-electron chi connectivity index (χ0n) is 17.0. The van der Waals surface area contributed by atoms with Crippen LogP contribution in [-0.2, 0) is 13.0 Å². The molecule has 28 heavy (non-hydrogen) atoms. The molecule has 2 aromatic rings. The zero-order chi connectivity index (χ0) is 18.9. The van der Waals surface area contributed by atoms with E-state index in [-0.39, 0.29) is 24.0 Å². The standard InChI is InChI=1S/C23H32N4.HI/c1-19-8-10-20(11-9-19)12-15-25-23(24-2)26-22-13-16-27(17-14-22)18-21-6-4-3-5-7-21;/h3-11,22H,12-18H2,1-2H3,(H2,24,25,26);1H. The van der Waals surface area contributed by atoms with Crippen LogP contribution in [0.3, 0.4) is 0 Å². The molecular weight excluding hydrogens is 459 g/mol. The van der Waals surface area contributed by atoms with Crippen molar-refractivity contribution in [3.8, 4) is 0 Å². The van der Waals surface area contributed by atoms with Crippen molar-refractivity contribution in [1.29, 1.82) is 0 Å². The Morgan fingerprint density at radius 1 is 1.00 bits per heavy atom. The first kappa shape index (κ1) is 22.7. The Kier molecular flexibility index (Phi) is 9.78. The third kappa shape index (κ3) is 7.43. The van der Waals surface area contributed by atoms with Crippen LogP contribution in [0, 0.1) is 6.92 Å². The fraction of sp³-hybridized carbons (Fsp3) is 0.435. The predicted molar refractivity (Wildman–Crippen MR) is 130 cm³/mol. The van der Waals surface area contributed by atoms with Gasteiger partial charge >= 0.3 is 0 Å². The van der Waals surface area contributed by atoms with Crippen LogP contribution in [0.5, 0.6) is 0 Å². The van der Waals surface area contributed by atoms with Crippen LogP contribution in [-0.4, -0.2) is 43.6 Å². The lowest BCUT2D eigenvalue weighted by Gasteiger charge is -2.33. The molecule has 0 atom stereocenters. The van der Waals surface area contributed by atoms with E-state index >= 15 is 0 Å². The minimum absolute atomic E-state index is 0. The van der Waals surface area contributed by atoms with Crippen molar-refractivity contribution in [2.24, 2.45) is 4.99 Å². The number of aliphatic imine (C=N–C) groups is 1. The maximum atomic E-state index is 4.40. The molecule has 152 valence electrons. The fourth-order valence-corrected chi connectivity index (χ4v) is 3.55. The second-order valence-corrected chi connectivity index (χ2v) is 7.41. The van der Waals surface area contributed by atoms with Gasteiger partial charge < -0.3 is 10.6 Å². The SMILES string of the molecule is CN=C(NCCc1ccc(C)cc1)NC1CCN(Cc2ccccc2)CC1.I. The van der Waals surface area contributed by atoms with Crippen LogP contribution in [0.15, 0.2) is 59.6 Å². The van der Waals surface area contributed by atoms with Crippen LogP contribution < -0.4 is 10.6 Å². The number of halogens is 1. The highest BCUT2D eigenvalue weighted by Gasteiger charge is 2.19. The molecule has 0 amide bonds. The lowest BCUT2D eigenvalue weighted by molar-refractivity contribution is 0.198. The molecule has 1 fully saturated rings. The average molecular weight is 492 g/mol. The molecule has 0 bridgehead atoms. The van der Waals surface area contributed by atoms with Crippen LogP contribution in [0.2, 0.25) is 0 Å². The summed E-state index contributed by atoms with van der Waals surface area (Å²) in [5.41, 5.74) is 4.07. The maximum absolute atomic E-state index is 4.40. The summed E-state index contributed by atoms with van der Waals surface area (Å²) < 4.78 is 0. The Bertz CT molecular complexity index is 707. The molecule has 0 saturated carbocycles. The van der Waals surface area contributed by atoms with Crippen molar-refractivity contribution in [3.63, 3.8) is 0 Å². The van der Waals surface area contributed by atoms with E-state index in [0.717, 1.165) is 51.4 Å². The van der Waals surface area contributed by atoms with Gasteiger partial charge in [0.15, 0.2) is 5.96 Å². The first-order valence-electron chi connectivity index (χ1n) is 10.0. The number of likely N-dealkylation sites (tertiary alicyclic amines) is 1. The summed E-state index contributed by atoms with van der Waals surface area (Å²) in [7, 11) is 1.85. The minimum atomic E-state index is 0. The van der Waals surface area contributed by atoms with Crippen molar-refractivity contribution in [3.05, 3.63) is 71.3 Å². The fourth-order valence-electron chi connectivity index (χ4n) is 3.55. The minimum Gasteiger partial charge on any atom is -0.356 e. The quantitative estimate of drug-likeness (QED) is 0.364. The molecule has 0 spiro atoms. The Hall–Kier alpha value is -1.60. The van der Waals surface area contributed by atoms with Gasteiger partial charge in [-0.1, -0.05) is 60.2 Å². The Morgan fingerprint density at radius 3 is 2.32 bits per heavy atom. The molecule has 4 nitrogen and oxygen atoms in total. The normalized spacial score (nSPS) is 15.7. The summed E-state index contributed by atoms with van der Waals surface area (Å²) in [6.45, 7) is 6.34. The zero-order valence-corrected chi connectivity index (χ0v) is 19.4. The maximum Gasteiger partial charge on any atom is 0.191 e. The van der Waals surface area contributed by atoms with Gasteiger partial charge in [0.1, 0.15) is 0 Å². The number of nitrogens with one attached hydrogen (secondary N) is 2. The molecule has 0 aromatic heterocycles. The van der Waals surface area contributed by atoms with Crippen molar-refractivity contribution in [2.75, 3.05) is 26.7 Å². The van der Waals surface area contributed by atoms with Gasteiger partial charge in [-0.05, 0) is 37.3 Å². The molecule has 1 aliphatic rings. The third-order valence-corrected chi connectivity index (χ3v) is 5.23. The van der Waals surface area contributed by atoms with Gasteiger partial charge in [0.05, 0.1) is 0 Å². The van der Waals surface area contributed by atoms with Crippen molar-refractivity contribution < 1.29 is 0 Å². The molecule has 0 aliphatic carbocycles. The van der Waals surface area contributed by atoms with E-state index in [0.29, 0.717) is 6.04 Å². The van der Waals surface area contributed by atoms with Gasteiger partial charge in [-0.2, -0.15) is 0 Å². The number of hydrogen-bond acceptors (Lipinski definition) is 2. The number of nitrogens with zero attached hydrogens (tertiary/aromatic N) is 2. The summed E-state index contributed by atoms with van der Waals surface area (Å²) in [6, 6.07) is 20.0. The third-order valence-electron chi connectivity index (χ3n) is 5.23. The molecule has 2 aromatic carbocycles. The number of benzene rings is 2. The van der Waals surface area contributed by atoms with Crippen molar-refractivity contribution in [1.82, 2.24) is 15.5 Å². The van der Waals surface area contributed by atoms with E-state index in [1.807, 2.05) is 7.05 Å². The first-order chi connectivity index (χ1) is 13.2. The summed E-state index contributed by atoms with van der Waals surface area (Å²) in [4.78, 5) is 6.94. The highest BCUT2D eigenvalue weighted by atomic mass is 127. The van der Waals surface area contributed by atoms with Crippen LogP contribution in [0.4, 0.5) is 0 Å². The largest absolute Gasteiger partial charge is 0.356 e. The number of hydrogen-bond donors (Lipinski definition) is 2. The lowest BCUT2D eigenvalue weighted by atomic mass is 10.0. The summed E-state index contributed by atoms with van der Waals surface area (Å²) >= 11 is 0. The smallest absolute Gasteiger partial charge is 0.191 e. The van der Waals surface area contributed by atoms with Gasteiger partial charge in [-0.25, -0.2) is 0 Å². The number of guanidine groups is 1. The van der Waals surface area contributed by atoms with E-state index in [9.17, 15) is 0 Å². The van der Waals surface area contributed by atoms with E-state index in [2.05, 4.69) is 82.0 Å². The van der Waals surface area contributed by atoms with Gasteiger partial charge in [0, 0.05) is 39.3 Å². The second-order valence-electron chi connectivity index (χ2n) is 7.41. The molecule has 0 radical (unpaired) electrons. The number of piperidine rings is 1. The summed E-state index contributed by atoms with van der Waals surface area (Å²) in [5.74, 6) is 0.920. The Balaban J connectivity index is 0.00000280. The molecule has 3 rings (SSSR count). The number of aryl methyl sites for hydroxylation is 1. The van der Waals surface area contributed by atoms with Crippen LogP contribution >= 0.6 is 24.0 Å². The molecule has 2 N–H and O–H groups in total. The highest BCUT2D eigenvalue weighted by molar-refractivity contribution is 14.0. The lowest BCUT2D eigenvalue weighted by Crippen LogP contribution is -2.48. The van der Waals surface area contributed by atoms with E-state index < -0.39 is 0 Å². The highest BCUT2D eigenvalue weighted by Crippen LogP contribution is 2.13. The molecule has 1 aliphatic heterocycles. The van der Waals surface area contributed by atoms with Crippen molar-refractivity contribution >= 4 is 29.9 Å². The Morgan fingerprint density at radius 2 is 1.68 bits per heavy atom. The molecule has 0 unspecified atom stereocenters. The Labute approximate surface area is 186 Å². The molecule has 1 heterocycles. The topological polar surface area (TPSA) is 39.7 Å². The van der Waals surface area contributed by atoms with Crippen molar-refractivity contribution in [2.45, 2.75) is 38.8 Å².